The lowest BCUT2D eigenvalue weighted by molar-refractivity contribution is -0.128. The third-order valence-corrected chi connectivity index (χ3v) is 7.85. The minimum atomic E-state index is -3.77. The van der Waals surface area contributed by atoms with Gasteiger partial charge < -0.3 is 10.2 Å². The summed E-state index contributed by atoms with van der Waals surface area (Å²) in [4.78, 5) is 26.7. The van der Waals surface area contributed by atoms with E-state index in [0.29, 0.717) is 31.9 Å². The van der Waals surface area contributed by atoms with Crippen molar-refractivity contribution in [3.63, 3.8) is 0 Å². The number of anilines is 1. The fourth-order valence-electron chi connectivity index (χ4n) is 3.63. The van der Waals surface area contributed by atoms with Crippen molar-refractivity contribution in [3.05, 3.63) is 59.1 Å². The topological polar surface area (TPSA) is 86.8 Å². The molecule has 166 valence electrons. The summed E-state index contributed by atoms with van der Waals surface area (Å²) in [5, 5.41) is 2.84. The van der Waals surface area contributed by atoms with Crippen molar-refractivity contribution in [2.24, 2.45) is 5.92 Å². The van der Waals surface area contributed by atoms with Gasteiger partial charge in [0.15, 0.2) is 0 Å². The number of amides is 2. The molecule has 2 amide bonds. The van der Waals surface area contributed by atoms with Crippen LogP contribution in [0.2, 0.25) is 5.02 Å². The summed E-state index contributed by atoms with van der Waals surface area (Å²) in [5.74, 6) is -0.905. The zero-order valence-electron chi connectivity index (χ0n) is 17.5. The second kappa shape index (κ2) is 9.80. The first-order chi connectivity index (χ1) is 14.8. The van der Waals surface area contributed by atoms with Crippen molar-refractivity contribution in [1.82, 2.24) is 9.21 Å². The fraction of sp³-hybridized carbons (Fsp3) is 0.364. The number of sulfonamides is 1. The average Bonchev–Trinajstić information content (AvgIpc) is 3.11. The Morgan fingerprint density at radius 2 is 1.84 bits per heavy atom. The lowest BCUT2D eigenvalue weighted by Crippen LogP contribution is -2.31. The molecule has 2 aromatic rings. The Labute approximate surface area is 188 Å². The Morgan fingerprint density at radius 1 is 1.16 bits per heavy atom. The zero-order chi connectivity index (χ0) is 22.6. The number of halogens is 1. The molecule has 2 aromatic carbocycles. The number of benzene rings is 2. The van der Waals surface area contributed by atoms with E-state index >= 15 is 0 Å². The molecule has 0 aromatic heterocycles. The molecule has 0 radical (unpaired) electrons. The summed E-state index contributed by atoms with van der Waals surface area (Å²) in [7, 11) is -3.77. The second-order valence-electron chi connectivity index (χ2n) is 7.38. The summed E-state index contributed by atoms with van der Waals surface area (Å²) >= 11 is 6.15. The standard InChI is InChI=1S/C22H26ClN3O4S/c1-3-26(4-2)31(29,30)20-13-18(10-11-19(20)23)24-22(28)17-12-21(27)25(15-17)14-16-8-6-5-7-9-16/h5-11,13,17H,3-4,12,14-15H2,1-2H3,(H,24,28)/t17-/m1/s1. The molecule has 0 aliphatic carbocycles. The molecule has 1 fully saturated rings. The van der Waals surface area contributed by atoms with Gasteiger partial charge in [0, 0.05) is 38.3 Å². The molecule has 1 heterocycles. The van der Waals surface area contributed by atoms with E-state index < -0.39 is 15.9 Å². The Bertz CT molecular complexity index is 1060. The number of rotatable bonds is 8. The summed E-state index contributed by atoms with van der Waals surface area (Å²) in [6.07, 6.45) is 0.122. The molecule has 1 saturated heterocycles. The fourth-order valence-corrected chi connectivity index (χ4v) is 5.59. The molecule has 0 saturated carbocycles. The molecule has 1 N–H and O–H groups in total. The Balaban J connectivity index is 1.72. The van der Waals surface area contributed by atoms with Gasteiger partial charge in [0.1, 0.15) is 4.90 Å². The molecule has 7 nitrogen and oxygen atoms in total. The summed E-state index contributed by atoms with van der Waals surface area (Å²) in [6.45, 7) is 4.90. The van der Waals surface area contributed by atoms with E-state index in [0.717, 1.165) is 5.56 Å². The highest BCUT2D eigenvalue weighted by molar-refractivity contribution is 7.89. The van der Waals surface area contributed by atoms with E-state index in [9.17, 15) is 18.0 Å². The van der Waals surface area contributed by atoms with Crippen molar-refractivity contribution in [2.45, 2.75) is 31.7 Å². The minimum Gasteiger partial charge on any atom is -0.338 e. The lowest BCUT2D eigenvalue weighted by Gasteiger charge is -2.20. The summed E-state index contributed by atoms with van der Waals surface area (Å²) in [6, 6.07) is 14.0. The number of nitrogens with one attached hydrogen (secondary N) is 1. The van der Waals surface area contributed by atoms with Gasteiger partial charge in [0.2, 0.25) is 21.8 Å². The summed E-state index contributed by atoms with van der Waals surface area (Å²) in [5.41, 5.74) is 1.33. The van der Waals surface area contributed by atoms with Crippen molar-refractivity contribution >= 4 is 39.1 Å². The van der Waals surface area contributed by atoms with Gasteiger partial charge >= 0.3 is 0 Å². The molecule has 1 atom stereocenters. The monoisotopic (exact) mass is 463 g/mol. The minimum absolute atomic E-state index is 0.0520. The van der Waals surface area contributed by atoms with Crippen LogP contribution in [-0.4, -0.2) is 49.1 Å². The predicted molar refractivity (Wildman–Crippen MR) is 120 cm³/mol. The van der Waals surface area contributed by atoms with Crippen LogP contribution in [0.15, 0.2) is 53.4 Å². The maximum Gasteiger partial charge on any atom is 0.244 e. The van der Waals surface area contributed by atoms with Gasteiger partial charge in [0.05, 0.1) is 10.9 Å². The molecule has 9 heteroatoms. The largest absolute Gasteiger partial charge is 0.338 e. The average molecular weight is 464 g/mol. The van der Waals surface area contributed by atoms with Crippen LogP contribution in [0.3, 0.4) is 0 Å². The van der Waals surface area contributed by atoms with Crippen LogP contribution >= 0.6 is 11.6 Å². The molecule has 31 heavy (non-hydrogen) atoms. The van der Waals surface area contributed by atoms with Gasteiger partial charge in [-0.15, -0.1) is 0 Å². The quantitative estimate of drug-likeness (QED) is 0.650. The van der Waals surface area contributed by atoms with Crippen LogP contribution < -0.4 is 5.32 Å². The van der Waals surface area contributed by atoms with Crippen molar-refractivity contribution in [1.29, 1.82) is 0 Å². The van der Waals surface area contributed by atoms with Gasteiger partial charge in [-0.25, -0.2) is 8.42 Å². The highest BCUT2D eigenvalue weighted by Crippen LogP contribution is 2.29. The second-order valence-corrected chi connectivity index (χ2v) is 9.70. The molecule has 3 rings (SSSR count). The maximum atomic E-state index is 12.8. The predicted octanol–water partition coefficient (Wildman–Crippen LogP) is 3.36. The van der Waals surface area contributed by atoms with Gasteiger partial charge in [-0.1, -0.05) is 55.8 Å². The SMILES string of the molecule is CCN(CC)S(=O)(=O)c1cc(NC(=O)[C@@H]2CC(=O)N(Cc3ccccc3)C2)ccc1Cl. The number of hydrogen-bond donors (Lipinski definition) is 1. The van der Waals surface area contributed by atoms with Crippen molar-refractivity contribution < 1.29 is 18.0 Å². The Kier molecular flexibility index (Phi) is 7.35. The van der Waals surface area contributed by atoms with Gasteiger partial charge in [-0.2, -0.15) is 4.31 Å². The number of likely N-dealkylation sites (tertiary alicyclic amines) is 1. The van der Waals surface area contributed by atoms with E-state index in [1.165, 1.54) is 16.4 Å². The normalized spacial score (nSPS) is 16.7. The molecular weight excluding hydrogens is 438 g/mol. The molecule has 0 bridgehead atoms. The third kappa shape index (κ3) is 5.26. The molecule has 0 spiro atoms. The van der Waals surface area contributed by atoms with Crippen molar-refractivity contribution in [2.75, 3.05) is 25.0 Å². The van der Waals surface area contributed by atoms with Gasteiger partial charge in [-0.05, 0) is 23.8 Å². The molecule has 1 aliphatic rings. The zero-order valence-corrected chi connectivity index (χ0v) is 19.1. The number of carbonyl (C=O) groups excluding carboxylic acids is 2. The number of hydrogen-bond acceptors (Lipinski definition) is 4. The third-order valence-electron chi connectivity index (χ3n) is 5.32. The summed E-state index contributed by atoms with van der Waals surface area (Å²) < 4.78 is 27.0. The first-order valence-electron chi connectivity index (χ1n) is 10.2. The van der Waals surface area contributed by atoms with E-state index in [4.69, 9.17) is 11.6 Å². The van der Waals surface area contributed by atoms with Crippen LogP contribution in [0.4, 0.5) is 5.69 Å². The highest BCUT2D eigenvalue weighted by Gasteiger charge is 2.34. The van der Waals surface area contributed by atoms with Gasteiger partial charge in [0.25, 0.3) is 0 Å². The van der Waals surface area contributed by atoms with Crippen molar-refractivity contribution in [3.8, 4) is 0 Å². The van der Waals surface area contributed by atoms with Crippen LogP contribution in [-0.2, 0) is 26.2 Å². The van der Waals surface area contributed by atoms with E-state index in [2.05, 4.69) is 5.32 Å². The first kappa shape index (κ1) is 23.2. The smallest absolute Gasteiger partial charge is 0.244 e. The van der Waals surface area contributed by atoms with Crippen LogP contribution in [0.1, 0.15) is 25.8 Å². The van der Waals surface area contributed by atoms with Crippen LogP contribution in [0.5, 0.6) is 0 Å². The van der Waals surface area contributed by atoms with Crippen LogP contribution in [0, 0.1) is 5.92 Å². The number of nitrogens with zero attached hydrogens (tertiary/aromatic N) is 2. The van der Waals surface area contributed by atoms with Gasteiger partial charge in [-0.3, -0.25) is 9.59 Å². The first-order valence-corrected chi connectivity index (χ1v) is 12.0. The molecular formula is C22H26ClN3O4S. The molecule has 0 unspecified atom stereocenters. The highest BCUT2D eigenvalue weighted by atomic mass is 35.5. The van der Waals surface area contributed by atoms with Crippen LogP contribution in [0.25, 0.3) is 0 Å². The Hall–Kier alpha value is -2.42. The molecule has 1 aliphatic heterocycles. The Morgan fingerprint density at radius 3 is 2.48 bits per heavy atom. The van der Waals surface area contributed by atoms with E-state index in [1.54, 1.807) is 24.8 Å². The maximum absolute atomic E-state index is 12.8. The van der Waals surface area contributed by atoms with E-state index in [-0.39, 0.29) is 28.2 Å². The number of carbonyl (C=O) groups is 2. The van der Waals surface area contributed by atoms with E-state index in [1.807, 2.05) is 30.3 Å². The lowest BCUT2D eigenvalue weighted by atomic mass is 10.1.